The van der Waals surface area contributed by atoms with Crippen molar-refractivity contribution in [2.75, 3.05) is 26.2 Å². The average molecular weight is 288 g/mol. The van der Waals surface area contributed by atoms with Crippen molar-refractivity contribution in [1.29, 1.82) is 0 Å². The molecule has 1 aromatic rings. The molecule has 0 amide bonds. The summed E-state index contributed by atoms with van der Waals surface area (Å²) in [6.45, 7) is 9.49. The molecule has 2 fully saturated rings. The molecule has 0 saturated carbocycles. The minimum atomic E-state index is 0.149. The Morgan fingerprint density at radius 3 is 3.00 bits per heavy atom. The van der Waals surface area contributed by atoms with Gasteiger partial charge in [-0.2, -0.15) is 0 Å². The van der Waals surface area contributed by atoms with E-state index in [4.69, 9.17) is 5.73 Å². The van der Waals surface area contributed by atoms with E-state index in [1.165, 1.54) is 38.0 Å². The number of hydrogen-bond donors (Lipinski definition) is 1. The average Bonchev–Trinajstić information content (AvgIpc) is 3.07. The molecule has 2 unspecified atom stereocenters. The van der Waals surface area contributed by atoms with E-state index < -0.39 is 0 Å². The molecule has 0 aromatic carbocycles. The van der Waals surface area contributed by atoms with Crippen LogP contribution in [0.5, 0.6) is 0 Å². The highest BCUT2D eigenvalue weighted by Crippen LogP contribution is 2.40. The fourth-order valence-corrected chi connectivity index (χ4v) is 4.41. The van der Waals surface area contributed by atoms with Crippen molar-refractivity contribution >= 4 is 0 Å². The Hall–Kier alpha value is -0.970. The molecule has 2 aliphatic heterocycles. The quantitative estimate of drug-likeness (QED) is 0.897. The number of rotatable bonds is 5. The lowest BCUT2D eigenvalue weighted by Crippen LogP contribution is -2.59. The van der Waals surface area contributed by atoms with Gasteiger partial charge in [0, 0.05) is 31.4 Å². The van der Waals surface area contributed by atoms with Crippen LogP contribution >= 0.6 is 0 Å². The summed E-state index contributed by atoms with van der Waals surface area (Å²) >= 11 is 0. The summed E-state index contributed by atoms with van der Waals surface area (Å²) in [6, 6.07) is 6.96. The highest BCUT2D eigenvalue weighted by molar-refractivity contribution is 5.14. The van der Waals surface area contributed by atoms with Crippen LogP contribution in [0.1, 0.15) is 37.6 Å². The third-order valence-electron chi connectivity index (χ3n) is 5.48. The van der Waals surface area contributed by atoms with Crippen LogP contribution in [0, 0.1) is 6.92 Å². The maximum absolute atomic E-state index is 6.30. The second-order valence-corrected chi connectivity index (χ2v) is 6.54. The summed E-state index contributed by atoms with van der Waals surface area (Å²) in [6.07, 6.45) is 3.83. The SMILES string of the molecule is CCN(Cc1cccc(C)n1)C1(CN)CCN2CCCC21. The summed E-state index contributed by atoms with van der Waals surface area (Å²) in [7, 11) is 0. The van der Waals surface area contributed by atoms with Gasteiger partial charge in [0.2, 0.25) is 0 Å². The van der Waals surface area contributed by atoms with Crippen molar-refractivity contribution in [2.24, 2.45) is 5.73 Å². The standard InChI is InChI=1S/C17H28N4/c1-3-21(12-15-7-4-6-14(2)19-15)17(13-18)9-11-20-10-5-8-16(17)20/h4,6-7,16H,3,5,8-13,18H2,1-2H3. The predicted octanol–water partition coefficient (Wildman–Crippen LogP) is 1.78. The van der Waals surface area contributed by atoms with Crippen molar-refractivity contribution in [3.05, 3.63) is 29.6 Å². The lowest BCUT2D eigenvalue weighted by Gasteiger charge is -2.44. The molecular formula is C17H28N4. The molecule has 2 N–H and O–H groups in total. The Kier molecular flexibility index (Phi) is 4.29. The minimum absolute atomic E-state index is 0.149. The van der Waals surface area contributed by atoms with Gasteiger partial charge in [-0.1, -0.05) is 13.0 Å². The third kappa shape index (κ3) is 2.60. The summed E-state index contributed by atoms with van der Waals surface area (Å²) in [4.78, 5) is 9.93. The van der Waals surface area contributed by atoms with E-state index in [0.717, 1.165) is 25.3 Å². The van der Waals surface area contributed by atoms with E-state index in [-0.39, 0.29) is 5.54 Å². The van der Waals surface area contributed by atoms with Crippen LogP contribution in [-0.4, -0.2) is 52.5 Å². The van der Waals surface area contributed by atoms with Gasteiger partial charge in [-0.3, -0.25) is 14.8 Å². The number of likely N-dealkylation sites (N-methyl/N-ethyl adjacent to an activating group) is 1. The van der Waals surface area contributed by atoms with E-state index >= 15 is 0 Å². The Labute approximate surface area is 128 Å². The molecule has 0 aliphatic carbocycles. The van der Waals surface area contributed by atoms with Crippen LogP contribution in [0.2, 0.25) is 0 Å². The molecule has 4 nitrogen and oxygen atoms in total. The van der Waals surface area contributed by atoms with Crippen molar-refractivity contribution in [3.8, 4) is 0 Å². The summed E-state index contributed by atoms with van der Waals surface area (Å²) < 4.78 is 0. The van der Waals surface area contributed by atoms with Gasteiger partial charge in [0.15, 0.2) is 0 Å². The first-order valence-electron chi connectivity index (χ1n) is 8.31. The first-order chi connectivity index (χ1) is 10.2. The molecule has 0 spiro atoms. The number of aromatic nitrogens is 1. The lowest BCUT2D eigenvalue weighted by atomic mass is 9.86. The summed E-state index contributed by atoms with van der Waals surface area (Å²) in [5.41, 5.74) is 8.71. The maximum Gasteiger partial charge on any atom is 0.0547 e. The van der Waals surface area contributed by atoms with Gasteiger partial charge in [0.25, 0.3) is 0 Å². The van der Waals surface area contributed by atoms with Gasteiger partial charge in [-0.05, 0) is 51.4 Å². The van der Waals surface area contributed by atoms with Gasteiger partial charge in [-0.25, -0.2) is 0 Å². The fourth-order valence-electron chi connectivity index (χ4n) is 4.41. The van der Waals surface area contributed by atoms with Crippen LogP contribution in [0.15, 0.2) is 18.2 Å². The minimum Gasteiger partial charge on any atom is -0.329 e. The van der Waals surface area contributed by atoms with Crippen LogP contribution in [0.25, 0.3) is 0 Å². The highest BCUT2D eigenvalue weighted by atomic mass is 15.3. The zero-order valence-electron chi connectivity index (χ0n) is 13.4. The molecule has 2 saturated heterocycles. The zero-order chi connectivity index (χ0) is 14.9. The molecule has 1 aromatic heterocycles. The van der Waals surface area contributed by atoms with Crippen LogP contribution in [-0.2, 0) is 6.54 Å². The number of hydrogen-bond acceptors (Lipinski definition) is 4. The summed E-state index contributed by atoms with van der Waals surface area (Å²) in [5, 5.41) is 0. The van der Waals surface area contributed by atoms with Crippen LogP contribution in [0.4, 0.5) is 0 Å². The first-order valence-corrected chi connectivity index (χ1v) is 8.31. The molecule has 0 radical (unpaired) electrons. The second-order valence-electron chi connectivity index (χ2n) is 6.54. The molecule has 116 valence electrons. The van der Waals surface area contributed by atoms with Crippen molar-refractivity contribution in [2.45, 2.75) is 51.2 Å². The highest BCUT2D eigenvalue weighted by Gasteiger charge is 2.51. The number of aryl methyl sites for hydroxylation is 1. The number of nitrogens with two attached hydrogens (primary N) is 1. The van der Waals surface area contributed by atoms with E-state index in [9.17, 15) is 0 Å². The third-order valence-corrected chi connectivity index (χ3v) is 5.48. The summed E-state index contributed by atoms with van der Waals surface area (Å²) in [5.74, 6) is 0. The fraction of sp³-hybridized carbons (Fsp3) is 0.706. The number of fused-ring (bicyclic) bond motifs is 1. The van der Waals surface area contributed by atoms with E-state index in [0.29, 0.717) is 6.04 Å². The maximum atomic E-state index is 6.30. The zero-order valence-corrected chi connectivity index (χ0v) is 13.4. The van der Waals surface area contributed by atoms with Crippen LogP contribution < -0.4 is 5.73 Å². The first kappa shape index (κ1) is 14.9. The molecule has 2 atom stereocenters. The molecule has 3 heterocycles. The topological polar surface area (TPSA) is 45.4 Å². The number of pyridine rings is 1. The van der Waals surface area contributed by atoms with Gasteiger partial charge in [-0.15, -0.1) is 0 Å². The Bertz CT molecular complexity index is 489. The van der Waals surface area contributed by atoms with Crippen molar-refractivity contribution < 1.29 is 0 Å². The van der Waals surface area contributed by atoms with Crippen LogP contribution in [0.3, 0.4) is 0 Å². The van der Waals surface area contributed by atoms with E-state index in [1.54, 1.807) is 0 Å². The Morgan fingerprint density at radius 2 is 2.29 bits per heavy atom. The molecule has 3 rings (SSSR count). The Morgan fingerprint density at radius 1 is 1.43 bits per heavy atom. The van der Waals surface area contributed by atoms with E-state index in [2.05, 4.69) is 46.8 Å². The normalized spacial score (nSPS) is 29.2. The smallest absolute Gasteiger partial charge is 0.0547 e. The molecule has 4 heteroatoms. The molecular weight excluding hydrogens is 260 g/mol. The van der Waals surface area contributed by atoms with Gasteiger partial charge in [0.05, 0.1) is 11.2 Å². The van der Waals surface area contributed by atoms with E-state index in [1.807, 2.05) is 0 Å². The monoisotopic (exact) mass is 288 g/mol. The molecule has 2 aliphatic rings. The van der Waals surface area contributed by atoms with Gasteiger partial charge >= 0.3 is 0 Å². The molecule has 0 bridgehead atoms. The van der Waals surface area contributed by atoms with Gasteiger partial charge < -0.3 is 5.73 Å². The Balaban J connectivity index is 1.83. The predicted molar refractivity (Wildman–Crippen MR) is 86.1 cm³/mol. The van der Waals surface area contributed by atoms with Crippen molar-refractivity contribution in [1.82, 2.24) is 14.8 Å². The number of nitrogens with zero attached hydrogens (tertiary/aromatic N) is 3. The second kappa shape index (κ2) is 6.03. The van der Waals surface area contributed by atoms with Crippen molar-refractivity contribution in [3.63, 3.8) is 0 Å². The van der Waals surface area contributed by atoms with Gasteiger partial charge in [0.1, 0.15) is 0 Å². The largest absolute Gasteiger partial charge is 0.329 e. The lowest BCUT2D eigenvalue weighted by molar-refractivity contribution is 0.0617. The molecule has 21 heavy (non-hydrogen) atoms.